The Morgan fingerprint density at radius 1 is 1.38 bits per heavy atom. The molecule has 92 valence electrons. The summed E-state index contributed by atoms with van der Waals surface area (Å²) in [5.41, 5.74) is 0. The molecule has 0 aromatic heterocycles. The summed E-state index contributed by atoms with van der Waals surface area (Å²) in [6, 6.07) is -0.00902. The van der Waals surface area contributed by atoms with Crippen molar-refractivity contribution in [3.63, 3.8) is 0 Å². The van der Waals surface area contributed by atoms with Gasteiger partial charge in [-0.25, -0.2) is 0 Å². The van der Waals surface area contributed by atoms with Crippen LogP contribution in [0.2, 0.25) is 0 Å². The fourth-order valence-corrected chi connectivity index (χ4v) is 1.67. The number of hydrogen-bond acceptors (Lipinski definition) is 2. The van der Waals surface area contributed by atoms with Crippen LogP contribution >= 0.6 is 0 Å². The van der Waals surface area contributed by atoms with Crippen LogP contribution in [0.25, 0.3) is 0 Å². The van der Waals surface area contributed by atoms with Crippen LogP contribution in [0.5, 0.6) is 0 Å². The molecule has 1 N–H and O–H groups in total. The van der Waals surface area contributed by atoms with Crippen LogP contribution in [-0.4, -0.2) is 18.2 Å². The van der Waals surface area contributed by atoms with Crippen molar-refractivity contribution >= 4 is 12.2 Å². The van der Waals surface area contributed by atoms with Crippen molar-refractivity contribution in [3.8, 4) is 0 Å². The highest BCUT2D eigenvalue weighted by atomic mass is 16.1. The molecule has 0 fully saturated rings. The van der Waals surface area contributed by atoms with Crippen molar-refractivity contribution < 1.29 is 9.59 Å². The molecule has 3 heteroatoms. The molecule has 0 saturated heterocycles. The Hall–Kier alpha value is -1.12. The summed E-state index contributed by atoms with van der Waals surface area (Å²) >= 11 is 0. The minimum atomic E-state index is -0.0606. The summed E-state index contributed by atoms with van der Waals surface area (Å²) < 4.78 is 0. The smallest absolute Gasteiger partial charge is 0.224 e. The summed E-state index contributed by atoms with van der Waals surface area (Å²) in [7, 11) is 0. The summed E-state index contributed by atoms with van der Waals surface area (Å²) in [4.78, 5) is 22.4. The molecule has 0 aliphatic rings. The van der Waals surface area contributed by atoms with Gasteiger partial charge in [0.25, 0.3) is 0 Å². The predicted octanol–water partition coefficient (Wildman–Crippen LogP) is 2.46. The van der Waals surface area contributed by atoms with Crippen LogP contribution in [0.3, 0.4) is 0 Å². The number of nitrogens with one attached hydrogen (secondary N) is 1. The molecular weight excluding hydrogens is 202 g/mol. The topological polar surface area (TPSA) is 46.2 Å². The van der Waals surface area contributed by atoms with Gasteiger partial charge in [-0.2, -0.15) is 0 Å². The number of allylic oxidation sites excluding steroid dienone is 1. The number of carbonyl (C=O) groups excluding carboxylic acids is 2. The van der Waals surface area contributed by atoms with E-state index >= 15 is 0 Å². The van der Waals surface area contributed by atoms with E-state index in [1.54, 1.807) is 0 Å². The summed E-state index contributed by atoms with van der Waals surface area (Å²) in [5.74, 6) is -0.0636. The Kier molecular flexibility index (Phi) is 8.49. The molecule has 1 amide bonds. The van der Waals surface area contributed by atoms with Gasteiger partial charge < -0.3 is 10.1 Å². The molecule has 16 heavy (non-hydrogen) atoms. The molecule has 0 aliphatic carbocycles. The lowest BCUT2D eigenvalue weighted by molar-refractivity contribution is -0.121. The van der Waals surface area contributed by atoms with Crippen LogP contribution in [0.1, 0.15) is 46.5 Å². The van der Waals surface area contributed by atoms with E-state index in [4.69, 9.17) is 0 Å². The minimum absolute atomic E-state index is 0.00292. The summed E-state index contributed by atoms with van der Waals surface area (Å²) in [6.07, 6.45) is 7.63. The fraction of sp³-hybridized carbons (Fsp3) is 0.692. The second-order valence-corrected chi connectivity index (χ2v) is 3.94. The molecule has 0 bridgehead atoms. The van der Waals surface area contributed by atoms with Crippen molar-refractivity contribution in [2.24, 2.45) is 5.92 Å². The zero-order chi connectivity index (χ0) is 12.4. The monoisotopic (exact) mass is 225 g/mol. The summed E-state index contributed by atoms with van der Waals surface area (Å²) in [5, 5.41) is 2.93. The van der Waals surface area contributed by atoms with Gasteiger partial charge in [-0.15, -0.1) is 0 Å². The highest BCUT2D eigenvalue weighted by Gasteiger charge is 2.19. The maximum atomic E-state index is 11.5. The van der Waals surface area contributed by atoms with E-state index in [0.717, 1.165) is 25.5 Å². The predicted molar refractivity (Wildman–Crippen MR) is 66.1 cm³/mol. The van der Waals surface area contributed by atoms with Gasteiger partial charge in [-0.1, -0.05) is 32.4 Å². The first-order chi connectivity index (χ1) is 7.69. The normalized spacial score (nSPS) is 14.7. The molecule has 3 nitrogen and oxygen atoms in total. The van der Waals surface area contributed by atoms with E-state index in [1.165, 1.54) is 0 Å². The van der Waals surface area contributed by atoms with Gasteiger partial charge in [0.2, 0.25) is 5.91 Å². The van der Waals surface area contributed by atoms with Crippen molar-refractivity contribution in [2.45, 2.75) is 52.5 Å². The first-order valence-corrected chi connectivity index (χ1v) is 6.05. The second-order valence-electron chi connectivity index (χ2n) is 3.94. The number of rotatable bonds is 8. The molecule has 1 unspecified atom stereocenters. The minimum Gasteiger partial charge on any atom is -0.352 e. The van der Waals surface area contributed by atoms with Crippen LogP contribution in [0.4, 0.5) is 0 Å². The molecule has 0 spiro atoms. The van der Waals surface area contributed by atoms with Gasteiger partial charge in [0, 0.05) is 18.4 Å². The SMILES string of the molecule is CC=CCC(=O)NC(CCC)[C@@H](C=O)CC. The molecule has 0 radical (unpaired) electrons. The highest BCUT2D eigenvalue weighted by molar-refractivity contribution is 5.78. The van der Waals surface area contributed by atoms with E-state index in [0.29, 0.717) is 6.42 Å². The van der Waals surface area contributed by atoms with Crippen LogP contribution in [0, 0.1) is 5.92 Å². The number of hydrogen-bond donors (Lipinski definition) is 1. The average Bonchev–Trinajstić information content (AvgIpc) is 2.28. The van der Waals surface area contributed by atoms with E-state index in [-0.39, 0.29) is 17.9 Å². The van der Waals surface area contributed by atoms with Gasteiger partial charge in [0.1, 0.15) is 6.29 Å². The Balaban J connectivity index is 4.30. The van der Waals surface area contributed by atoms with Gasteiger partial charge in [0.15, 0.2) is 0 Å². The standard InChI is InChI=1S/C13H23NO2/c1-4-7-9-13(16)14-12(8-5-2)11(6-3)10-15/h4,7,10-12H,5-6,8-9H2,1-3H3,(H,14,16)/t11-,12?/m1/s1. The molecule has 0 aromatic carbocycles. The van der Waals surface area contributed by atoms with Crippen LogP contribution in [-0.2, 0) is 9.59 Å². The van der Waals surface area contributed by atoms with Gasteiger partial charge in [-0.05, 0) is 19.8 Å². The van der Waals surface area contributed by atoms with Gasteiger partial charge >= 0.3 is 0 Å². The van der Waals surface area contributed by atoms with Crippen molar-refractivity contribution in [2.75, 3.05) is 0 Å². The zero-order valence-electron chi connectivity index (χ0n) is 10.5. The van der Waals surface area contributed by atoms with Crippen molar-refractivity contribution in [1.82, 2.24) is 5.32 Å². The van der Waals surface area contributed by atoms with Crippen LogP contribution < -0.4 is 5.32 Å². The van der Waals surface area contributed by atoms with Crippen molar-refractivity contribution in [1.29, 1.82) is 0 Å². The lowest BCUT2D eigenvalue weighted by Crippen LogP contribution is -2.40. The Morgan fingerprint density at radius 3 is 2.50 bits per heavy atom. The van der Waals surface area contributed by atoms with Crippen LogP contribution in [0.15, 0.2) is 12.2 Å². The van der Waals surface area contributed by atoms with Crippen molar-refractivity contribution in [3.05, 3.63) is 12.2 Å². The molecule has 0 rings (SSSR count). The number of aldehydes is 1. The second kappa shape index (κ2) is 9.13. The highest BCUT2D eigenvalue weighted by Crippen LogP contribution is 2.11. The zero-order valence-corrected chi connectivity index (χ0v) is 10.5. The quantitative estimate of drug-likeness (QED) is 0.509. The molecule has 0 saturated carbocycles. The van der Waals surface area contributed by atoms with Gasteiger partial charge in [0.05, 0.1) is 0 Å². The molecule has 0 aliphatic heterocycles. The third kappa shape index (κ3) is 5.69. The number of carbonyl (C=O) groups is 2. The largest absolute Gasteiger partial charge is 0.352 e. The maximum Gasteiger partial charge on any atom is 0.224 e. The average molecular weight is 225 g/mol. The third-order valence-corrected chi connectivity index (χ3v) is 2.65. The molecular formula is C13H23NO2. The lowest BCUT2D eigenvalue weighted by Gasteiger charge is -2.22. The third-order valence-electron chi connectivity index (χ3n) is 2.65. The molecule has 0 aromatic rings. The Bertz CT molecular complexity index is 236. The number of amides is 1. The fourth-order valence-electron chi connectivity index (χ4n) is 1.67. The lowest BCUT2D eigenvalue weighted by atomic mass is 9.94. The Labute approximate surface area is 98.3 Å². The van der Waals surface area contributed by atoms with E-state index < -0.39 is 0 Å². The summed E-state index contributed by atoms with van der Waals surface area (Å²) in [6.45, 7) is 5.92. The van der Waals surface area contributed by atoms with E-state index in [9.17, 15) is 9.59 Å². The first kappa shape index (κ1) is 14.9. The first-order valence-electron chi connectivity index (χ1n) is 6.05. The Morgan fingerprint density at radius 2 is 2.06 bits per heavy atom. The molecule has 2 atom stereocenters. The molecule has 0 heterocycles. The van der Waals surface area contributed by atoms with E-state index in [1.807, 2.05) is 26.0 Å². The maximum absolute atomic E-state index is 11.5. The van der Waals surface area contributed by atoms with Gasteiger partial charge in [-0.3, -0.25) is 4.79 Å². The van der Waals surface area contributed by atoms with E-state index in [2.05, 4.69) is 12.2 Å².